The average Bonchev–Trinajstić information content (AvgIpc) is 2.72. The number of benzene rings is 2. The second kappa shape index (κ2) is 4.51. The van der Waals surface area contributed by atoms with Crippen LogP contribution in [0.25, 0.3) is 22.4 Å². The minimum absolute atomic E-state index is 0.347. The number of hydrogen-bond acceptors (Lipinski definition) is 2. The molecule has 3 nitrogen and oxygen atoms in total. The molecular formula is C13H8BrClFN3. The lowest BCUT2D eigenvalue weighted by Crippen LogP contribution is -1.87. The van der Waals surface area contributed by atoms with Gasteiger partial charge in [-0.1, -0.05) is 27.5 Å². The number of halogens is 3. The van der Waals surface area contributed by atoms with E-state index in [1.807, 2.05) is 6.07 Å². The summed E-state index contributed by atoms with van der Waals surface area (Å²) in [5, 5.41) is 0.347. The Hall–Kier alpha value is -1.59. The first kappa shape index (κ1) is 12.4. The Morgan fingerprint density at radius 2 is 2.05 bits per heavy atom. The molecule has 3 rings (SSSR count). The van der Waals surface area contributed by atoms with E-state index in [4.69, 9.17) is 17.3 Å². The minimum Gasteiger partial charge on any atom is -0.397 e. The van der Waals surface area contributed by atoms with E-state index in [9.17, 15) is 4.39 Å². The van der Waals surface area contributed by atoms with Crippen LogP contribution in [0, 0.1) is 5.82 Å². The quantitative estimate of drug-likeness (QED) is 0.646. The second-order valence-electron chi connectivity index (χ2n) is 4.10. The van der Waals surface area contributed by atoms with E-state index in [0.29, 0.717) is 27.6 Å². The maximum atomic E-state index is 13.9. The molecule has 1 aromatic heterocycles. The van der Waals surface area contributed by atoms with Gasteiger partial charge in [0.15, 0.2) is 0 Å². The number of anilines is 1. The Balaban J connectivity index is 2.23. The number of hydrogen-bond donors (Lipinski definition) is 2. The van der Waals surface area contributed by atoms with Crippen molar-refractivity contribution in [2.45, 2.75) is 0 Å². The molecule has 0 unspecified atom stereocenters. The largest absolute Gasteiger partial charge is 0.397 e. The zero-order valence-corrected chi connectivity index (χ0v) is 11.9. The first-order valence-electron chi connectivity index (χ1n) is 5.45. The summed E-state index contributed by atoms with van der Waals surface area (Å²) in [6.45, 7) is 0. The van der Waals surface area contributed by atoms with Crippen molar-refractivity contribution in [2.24, 2.45) is 0 Å². The van der Waals surface area contributed by atoms with Crippen molar-refractivity contribution < 1.29 is 4.39 Å². The predicted molar refractivity (Wildman–Crippen MR) is 78.6 cm³/mol. The number of nitrogens with two attached hydrogens (primary N) is 1. The summed E-state index contributed by atoms with van der Waals surface area (Å²) in [6, 6.07) is 8.05. The summed E-state index contributed by atoms with van der Waals surface area (Å²) < 4.78 is 14.7. The van der Waals surface area contributed by atoms with Crippen molar-refractivity contribution in [2.75, 3.05) is 5.73 Å². The number of fused-ring (bicyclic) bond motifs is 1. The molecular weight excluding hydrogens is 333 g/mol. The van der Waals surface area contributed by atoms with Gasteiger partial charge in [0, 0.05) is 9.50 Å². The van der Waals surface area contributed by atoms with Gasteiger partial charge in [0.2, 0.25) is 0 Å². The molecule has 0 aliphatic heterocycles. The number of rotatable bonds is 1. The van der Waals surface area contributed by atoms with E-state index in [2.05, 4.69) is 25.9 Å². The van der Waals surface area contributed by atoms with Crippen molar-refractivity contribution in [1.82, 2.24) is 9.97 Å². The van der Waals surface area contributed by atoms with E-state index < -0.39 is 5.82 Å². The van der Waals surface area contributed by atoms with Crippen LogP contribution in [0.3, 0.4) is 0 Å². The summed E-state index contributed by atoms with van der Waals surface area (Å²) in [7, 11) is 0. The second-order valence-corrected chi connectivity index (χ2v) is 5.45. The molecule has 0 aliphatic carbocycles. The fraction of sp³-hybridized carbons (Fsp3) is 0. The van der Waals surface area contributed by atoms with Crippen LogP contribution in [0.5, 0.6) is 0 Å². The van der Waals surface area contributed by atoms with Gasteiger partial charge in [0.1, 0.15) is 17.2 Å². The van der Waals surface area contributed by atoms with Gasteiger partial charge in [-0.25, -0.2) is 9.37 Å². The van der Waals surface area contributed by atoms with Gasteiger partial charge in [-0.3, -0.25) is 0 Å². The van der Waals surface area contributed by atoms with Gasteiger partial charge in [-0.15, -0.1) is 0 Å². The Morgan fingerprint density at radius 1 is 1.26 bits per heavy atom. The Kier molecular flexibility index (Phi) is 2.95. The molecule has 0 aliphatic rings. The standard InChI is InChI=1S/C13H8BrClFN3/c14-6-3-10(17)12-11(4-6)18-13(19-12)8-2-1-7(15)5-9(8)16/h1-5H,17H2,(H,18,19). The molecule has 19 heavy (non-hydrogen) atoms. The SMILES string of the molecule is Nc1cc(Br)cc2[nH]c(-c3ccc(Cl)cc3F)nc12. The van der Waals surface area contributed by atoms with Crippen LogP contribution in [0.1, 0.15) is 0 Å². The fourth-order valence-corrected chi connectivity index (χ4v) is 2.55. The maximum absolute atomic E-state index is 13.9. The zero-order valence-electron chi connectivity index (χ0n) is 9.55. The highest BCUT2D eigenvalue weighted by atomic mass is 79.9. The molecule has 0 spiro atoms. The number of nitrogens with zero attached hydrogens (tertiary/aromatic N) is 1. The number of nitrogens with one attached hydrogen (secondary N) is 1. The van der Waals surface area contributed by atoms with E-state index in [-0.39, 0.29) is 0 Å². The maximum Gasteiger partial charge on any atom is 0.141 e. The molecule has 0 radical (unpaired) electrons. The molecule has 1 heterocycles. The highest BCUT2D eigenvalue weighted by Gasteiger charge is 2.12. The molecule has 0 amide bonds. The number of H-pyrrole nitrogens is 1. The lowest BCUT2D eigenvalue weighted by Gasteiger charge is -1.99. The molecule has 3 N–H and O–H groups in total. The Bertz CT molecular complexity index is 785. The third-order valence-corrected chi connectivity index (χ3v) is 3.46. The third kappa shape index (κ3) is 2.19. The van der Waals surface area contributed by atoms with E-state index >= 15 is 0 Å². The topological polar surface area (TPSA) is 54.7 Å². The summed E-state index contributed by atoms with van der Waals surface area (Å²) >= 11 is 9.09. The van der Waals surface area contributed by atoms with Gasteiger partial charge < -0.3 is 10.7 Å². The Labute approximate surface area is 121 Å². The first-order valence-corrected chi connectivity index (χ1v) is 6.62. The number of nitrogen functional groups attached to an aromatic ring is 1. The van der Waals surface area contributed by atoms with Crippen molar-refractivity contribution in [3.05, 3.63) is 45.6 Å². The molecule has 0 bridgehead atoms. The van der Waals surface area contributed by atoms with Crippen molar-refractivity contribution in [1.29, 1.82) is 0 Å². The summed E-state index contributed by atoms with van der Waals surface area (Å²) in [6.07, 6.45) is 0. The van der Waals surface area contributed by atoms with Gasteiger partial charge in [-0.05, 0) is 30.3 Å². The summed E-state index contributed by atoms with van der Waals surface area (Å²) in [4.78, 5) is 7.38. The van der Waals surface area contributed by atoms with Crippen LogP contribution in [-0.2, 0) is 0 Å². The van der Waals surface area contributed by atoms with Crippen molar-refractivity contribution in [3.63, 3.8) is 0 Å². The number of aromatic amines is 1. The van der Waals surface area contributed by atoms with E-state index in [1.165, 1.54) is 6.07 Å². The smallest absolute Gasteiger partial charge is 0.141 e. The minimum atomic E-state index is -0.427. The van der Waals surface area contributed by atoms with Crippen molar-refractivity contribution >= 4 is 44.3 Å². The number of imidazole rings is 1. The number of aromatic nitrogens is 2. The normalized spacial score (nSPS) is 11.1. The molecule has 0 atom stereocenters. The van der Waals surface area contributed by atoms with Crippen LogP contribution in [0.15, 0.2) is 34.8 Å². The molecule has 6 heteroatoms. The third-order valence-electron chi connectivity index (χ3n) is 2.77. The highest BCUT2D eigenvalue weighted by molar-refractivity contribution is 9.10. The van der Waals surface area contributed by atoms with Crippen LogP contribution >= 0.6 is 27.5 Å². The predicted octanol–water partition coefficient (Wildman–Crippen LogP) is 4.37. The average molecular weight is 341 g/mol. The van der Waals surface area contributed by atoms with Crippen LogP contribution < -0.4 is 5.73 Å². The fourth-order valence-electron chi connectivity index (χ4n) is 1.92. The van der Waals surface area contributed by atoms with Crippen LogP contribution in [-0.4, -0.2) is 9.97 Å². The highest BCUT2D eigenvalue weighted by Crippen LogP contribution is 2.29. The summed E-state index contributed by atoms with van der Waals surface area (Å²) in [5.41, 5.74) is 8.13. The van der Waals surface area contributed by atoms with E-state index in [1.54, 1.807) is 18.2 Å². The molecule has 0 fully saturated rings. The van der Waals surface area contributed by atoms with Gasteiger partial charge in [0.25, 0.3) is 0 Å². The molecule has 3 aromatic rings. The molecule has 96 valence electrons. The monoisotopic (exact) mass is 339 g/mol. The zero-order chi connectivity index (χ0) is 13.6. The van der Waals surface area contributed by atoms with Crippen molar-refractivity contribution in [3.8, 4) is 11.4 Å². The van der Waals surface area contributed by atoms with Gasteiger partial charge in [-0.2, -0.15) is 0 Å². The molecule has 0 saturated carbocycles. The van der Waals surface area contributed by atoms with Crippen LogP contribution in [0.4, 0.5) is 10.1 Å². The lowest BCUT2D eigenvalue weighted by molar-refractivity contribution is 0.630. The van der Waals surface area contributed by atoms with Gasteiger partial charge >= 0.3 is 0 Å². The van der Waals surface area contributed by atoms with E-state index in [0.717, 1.165) is 9.99 Å². The Morgan fingerprint density at radius 3 is 2.79 bits per heavy atom. The first-order chi connectivity index (χ1) is 9.04. The molecule has 0 saturated heterocycles. The van der Waals surface area contributed by atoms with Crippen LogP contribution in [0.2, 0.25) is 5.02 Å². The molecule has 2 aromatic carbocycles. The summed E-state index contributed by atoms with van der Waals surface area (Å²) in [5.74, 6) is -0.00170. The van der Waals surface area contributed by atoms with Gasteiger partial charge in [0.05, 0.1) is 16.8 Å². The lowest BCUT2D eigenvalue weighted by atomic mass is 10.2.